The highest BCUT2D eigenvalue weighted by molar-refractivity contribution is 6.20. The van der Waals surface area contributed by atoms with Crippen LogP contribution in [-0.4, -0.2) is 0 Å². The highest BCUT2D eigenvalue weighted by atomic mass is 35.5. The third-order valence-electron chi connectivity index (χ3n) is 2.76. The lowest BCUT2D eigenvalue weighted by atomic mass is 9.88. The molecule has 0 aliphatic carbocycles. The molecule has 1 aromatic carbocycles. The van der Waals surface area contributed by atoms with E-state index in [1.807, 2.05) is 0 Å². The van der Waals surface area contributed by atoms with Crippen molar-refractivity contribution in [2.45, 2.75) is 52.3 Å². The fraction of sp³-hybridized carbons (Fsp3) is 0.600. The Morgan fingerprint density at radius 2 is 1.44 bits per heavy atom. The molecule has 1 unspecified atom stereocenters. The molecule has 0 aliphatic rings. The van der Waals surface area contributed by atoms with Crippen molar-refractivity contribution in [2.24, 2.45) is 5.41 Å². The second kappa shape index (κ2) is 5.23. The van der Waals surface area contributed by atoms with Crippen LogP contribution in [0.2, 0.25) is 0 Å². The number of hydrogen-bond acceptors (Lipinski definition) is 0. The first-order valence-corrected chi connectivity index (χ1v) is 6.47. The van der Waals surface area contributed by atoms with Gasteiger partial charge in [0.25, 0.3) is 0 Å². The molecule has 0 saturated heterocycles. The van der Waals surface area contributed by atoms with Gasteiger partial charge in [-0.3, -0.25) is 0 Å². The predicted octanol–water partition coefficient (Wildman–Crippen LogP) is 5.53. The van der Waals surface area contributed by atoms with E-state index in [1.165, 1.54) is 11.1 Å². The molecule has 0 nitrogen and oxygen atoms in total. The maximum atomic E-state index is 6.42. The Labute approximate surface area is 105 Å². The number of benzene rings is 1. The smallest absolute Gasteiger partial charge is 0.0590 e. The molecule has 0 amide bonds. The predicted molar refractivity (Wildman–Crippen MR) is 73.2 cm³/mol. The van der Waals surface area contributed by atoms with Crippen LogP contribution in [0.1, 0.15) is 63.5 Å². The van der Waals surface area contributed by atoms with E-state index < -0.39 is 0 Å². The first-order valence-electron chi connectivity index (χ1n) is 6.03. The average molecular weight is 239 g/mol. The van der Waals surface area contributed by atoms with E-state index in [1.54, 1.807) is 0 Å². The Morgan fingerprint density at radius 1 is 1.00 bits per heavy atom. The molecule has 0 N–H and O–H groups in total. The second-order valence-electron chi connectivity index (χ2n) is 6.05. The lowest BCUT2D eigenvalue weighted by Crippen LogP contribution is -2.08. The molecule has 0 fully saturated rings. The summed E-state index contributed by atoms with van der Waals surface area (Å²) in [7, 11) is 0. The molecule has 1 aromatic rings. The summed E-state index contributed by atoms with van der Waals surface area (Å²) < 4.78 is 0. The maximum absolute atomic E-state index is 6.42. The maximum Gasteiger partial charge on any atom is 0.0590 e. The molecule has 0 spiro atoms. The quantitative estimate of drug-likeness (QED) is 0.608. The minimum Gasteiger partial charge on any atom is -0.118 e. The van der Waals surface area contributed by atoms with E-state index in [9.17, 15) is 0 Å². The van der Waals surface area contributed by atoms with E-state index in [0.29, 0.717) is 5.92 Å². The van der Waals surface area contributed by atoms with Gasteiger partial charge < -0.3 is 0 Å². The molecule has 1 atom stereocenters. The normalized spacial score (nSPS) is 14.2. The van der Waals surface area contributed by atoms with Crippen molar-refractivity contribution < 1.29 is 0 Å². The van der Waals surface area contributed by atoms with Crippen molar-refractivity contribution in [3.8, 4) is 0 Å². The summed E-state index contributed by atoms with van der Waals surface area (Å²) in [6.45, 7) is 11.1. The van der Waals surface area contributed by atoms with Gasteiger partial charge in [0.05, 0.1) is 5.38 Å². The summed E-state index contributed by atoms with van der Waals surface area (Å²) in [4.78, 5) is 0. The van der Waals surface area contributed by atoms with Crippen LogP contribution in [0.25, 0.3) is 0 Å². The molecule has 0 saturated carbocycles. The van der Waals surface area contributed by atoms with Gasteiger partial charge in [-0.15, -0.1) is 11.6 Å². The molecule has 0 heterocycles. The van der Waals surface area contributed by atoms with Crippen LogP contribution in [-0.2, 0) is 0 Å². The van der Waals surface area contributed by atoms with Crippen molar-refractivity contribution in [3.05, 3.63) is 35.4 Å². The SMILES string of the molecule is CC(C)c1ccc(C(Cl)CC(C)(C)C)cc1. The van der Waals surface area contributed by atoms with Crippen molar-refractivity contribution >= 4 is 11.6 Å². The Hall–Kier alpha value is -0.490. The van der Waals surface area contributed by atoms with Crippen LogP contribution in [0.5, 0.6) is 0 Å². The molecule has 0 radical (unpaired) electrons. The first kappa shape index (κ1) is 13.6. The Bertz CT molecular complexity index is 316. The van der Waals surface area contributed by atoms with Crippen LogP contribution < -0.4 is 0 Å². The van der Waals surface area contributed by atoms with Crippen LogP contribution >= 0.6 is 11.6 Å². The Kier molecular flexibility index (Phi) is 4.43. The molecule has 90 valence electrons. The van der Waals surface area contributed by atoms with E-state index in [-0.39, 0.29) is 10.8 Å². The van der Waals surface area contributed by atoms with Gasteiger partial charge in [0.1, 0.15) is 0 Å². The summed E-state index contributed by atoms with van der Waals surface area (Å²) in [6, 6.07) is 8.72. The zero-order valence-corrected chi connectivity index (χ0v) is 11.8. The van der Waals surface area contributed by atoms with Gasteiger partial charge in [0, 0.05) is 0 Å². The molecule has 1 rings (SSSR count). The number of halogens is 1. The van der Waals surface area contributed by atoms with E-state index >= 15 is 0 Å². The van der Waals surface area contributed by atoms with Crippen molar-refractivity contribution in [2.75, 3.05) is 0 Å². The largest absolute Gasteiger partial charge is 0.118 e. The van der Waals surface area contributed by atoms with Crippen LogP contribution in [0.3, 0.4) is 0 Å². The third-order valence-corrected chi connectivity index (χ3v) is 3.16. The second-order valence-corrected chi connectivity index (χ2v) is 6.58. The monoisotopic (exact) mass is 238 g/mol. The molecular weight excluding hydrogens is 216 g/mol. The fourth-order valence-electron chi connectivity index (χ4n) is 1.75. The lowest BCUT2D eigenvalue weighted by Gasteiger charge is -2.22. The Morgan fingerprint density at radius 3 is 1.81 bits per heavy atom. The van der Waals surface area contributed by atoms with Gasteiger partial charge in [0.2, 0.25) is 0 Å². The summed E-state index contributed by atoms with van der Waals surface area (Å²) in [5, 5.41) is 0.126. The van der Waals surface area contributed by atoms with E-state index in [2.05, 4.69) is 58.9 Å². The summed E-state index contributed by atoms with van der Waals surface area (Å²) >= 11 is 6.42. The van der Waals surface area contributed by atoms with Gasteiger partial charge in [0.15, 0.2) is 0 Å². The van der Waals surface area contributed by atoms with Crippen molar-refractivity contribution in [3.63, 3.8) is 0 Å². The van der Waals surface area contributed by atoms with Gasteiger partial charge >= 0.3 is 0 Å². The molecule has 0 aromatic heterocycles. The lowest BCUT2D eigenvalue weighted by molar-refractivity contribution is 0.372. The van der Waals surface area contributed by atoms with Crippen molar-refractivity contribution in [1.82, 2.24) is 0 Å². The van der Waals surface area contributed by atoms with Gasteiger partial charge in [-0.2, -0.15) is 0 Å². The highest BCUT2D eigenvalue weighted by Crippen LogP contribution is 2.34. The minimum absolute atomic E-state index is 0.126. The van der Waals surface area contributed by atoms with Crippen molar-refractivity contribution in [1.29, 1.82) is 0 Å². The standard InChI is InChI=1S/C15H23Cl/c1-11(2)12-6-8-13(9-7-12)14(16)10-15(3,4)5/h6-9,11,14H,10H2,1-5H3. The fourth-order valence-corrected chi connectivity index (χ4v) is 2.35. The van der Waals surface area contributed by atoms with Crippen LogP contribution in [0, 0.1) is 5.41 Å². The minimum atomic E-state index is 0.126. The third kappa shape index (κ3) is 4.17. The topological polar surface area (TPSA) is 0 Å². The van der Waals surface area contributed by atoms with Gasteiger partial charge in [-0.1, -0.05) is 58.9 Å². The zero-order valence-electron chi connectivity index (χ0n) is 11.0. The zero-order chi connectivity index (χ0) is 12.3. The van der Waals surface area contributed by atoms with Crippen LogP contribution in [0.15, 0.2) is 24.3 Å². The molecular formula is C15H23Cl. The molecule has 0 bridgehead atoms. The highest BCUT2D eigenvalue weighted by Gasteiger charge is 2.18. The summed E-state index contributed by atoms with van der Waals surface area (Å²) in [5.41, 5.74) is 2.90. The average Bonchev–Trinajstić information content (AvgIpc) is 2.15. The van der Waals surface area contributed by atoms with Gasteiger partial charge in [-0.25, -0.2) is 0 Å². The molecule has 1 heteroatoms. The van der Waals surface area contributed by atoms with E-state index in [0.717, 1.165) is 6.42 Å². The summed E-state index contributed by atoms with van der Waals surface area (Å²) in [6.07, 6.45) is 1.01. The van der Waals surface area contributed by atoms with E-state index in [4.69, 9.17) is 11.6 Å². The van der Waals surface area contributed by atoms with Gasteiger partial charge in [-0.05, 0) is 28.9 Å². The summed E-state index contributed by atoms with van der Waals surface area (Å²) in [5.74, 6) is 0.588. The molecule has 16 heavy (non-hydrogen) atoms. The number of hydrogen-bond donors (Lipinski definition) is 0. The first-order chi connectivity index (χ1) is 7.29. The Balaban J connectivity index is 2.74. The number of rotatable bonds is 3. The van der Waals surface area contributed by atoms with Crippen LogP contribution in [0.4, 0.5) is 0 Å². The molecule has 0 aliphatic heterocycles. The number of alkyl halides is 1.